The largest absolute Gasteiger partial charge is 0.480 e. The molecule has 0 aromatic heterocycles. The van der Waals surface area contributed by atoms with Gasteiger partial charge >= 0.3 is 5.97 Å². The molecule has 0 amide bonds. The average molecular weight is 274 g/mol. The third-order valence-electron chi connectivity index (χ3n) is 2.27. The molecule has 1 aromatic rings. The molecule has 0 saturated carbocycles. The Morgan fingerprint density at radius 3 is 2.47 bits per heavy atom. The third kappa shape index (κ3) is 4.40. The van der Waals surface area contributed by atoms with Crippen LogP contribution in [0.3, 0.4) is 0 Å². The second kappa shape index (κ2) is 6.07. The van der Waals surface area contributed by atoms with E-state index in [1.54, 1.807) is 0 Å². The van der Waals surface area contributed by atoms with E-state index in [0.717, 1.165) is 4.90 Å². The fourth-order valence-electron chi connectivity index (χ4n) is 1.12. The highest BCUT2D eigenvalue weighted by molar-refractivity contribution is 8.01. The monoisotopic (exact) mass is 274 g/mol. The van der Waals surface area contributed by atoms with E-state index in [1.807, 2.05) is 30.3 Å². The summed E-state index contributed by atoms with van der Waals surface area (Å²) in [4.78, 5) is 11.6. The molecule has 1 unspecified atom stereocenters. The van der Waals surface area contributed by atoms with Gasteiger partial charge in [0, 0.05) is 10.6 Å². The zero-order valence-electron chi connectivity index (χ0n) is 9.37. The number of rotatable bonds is 6. The predicted molar refractivity (Wildman–Crippen MR) is 68.1 cm³/mol. The van der Waals surface area contributed by atoms with E-state index in [9.17, 15) is 13.2 Å². The van der Waals surface area contributed by atoms with Crippen LogP contribution in [0.25, 0.3) is 0 Å². The first-order valence-corrected chi connectivity index (χ1v) is 7.76. The van der Waals surface area contributed by atoms with Crippen LogP contribution in [0.1, 0.15) is 6.92 Å². The summed E-state index contributed by atoms with van der Waals surface area (Å²) in [6.07, 6.45) is 0. The molecule has 0 aliphatic carbocycles. The third-order valence-corrected chi connectivity index (χ3v) is 5.59. The summed E-state index contributed by atoms with van der Waals surface area (Å²) in [6, 6.07) is 9.40. The molecule has 17 heavy (non-hydrogen) atoms. The first kappa shape index (κ1) is 14.1. The number of sulfone groups is 1. The van der Waals surface area contributed by atoms with Crippen LogP contribution in [-0.2, 0) is 14.6 Å². The summed E-state index contributed by atoms with van der Waals surface area (Å²) in [7, 11) is -3.55. The number of thioether (sulfide) groups is 1. The standard InChI is InChI=1S/C11H14O4S2/c1-9(11(12)13)17(14,15)8-7-16-10-5-3-2-4-6-10/h2-6,9H,7-8H2,1H3,(H,12,13). The van der Waals surface area contributed by atoms with E-state index in [4.69, 9.17) is 5.11 Å². The minimum absolute atomic E-state index is 0.125. The molecule has 4 nitrogen and oxygen atoms in total. The number of carbonyl (C=O) groups is 1. The molecule has 1 aromatic carbocycles. The summed E-state index contributed by atoms with van der Waals surface area (Å²) in [5.74, 6) is -1.06. The zero-order chi connectivity index (χ0) is 12.9. The molecule has 0 bridgehead atoms. The van der Waals surface area contributed by atoms with E-state index in [-0.39, 0.29) is 5.75 Å². The van der Waals surface area contributed by atoms with Crippen LogP contribution in [0.15, 0.2) is 35.2 Å². The van der Waals surface area contributed by atoms with E-state index in [1.165, 1.54) is 18.7 Å². The summed E-state index contributed by atoms with van der Waals surface area (Å²) in [6.45, 7) is 1.20. The fraction of sp³-hybridized carbons (Fsp3) is 0.364. The lowest BCUT2D eigenvalue weighted by Gasteiger charge is -2.07. The number of carboxylic acid groups (broad SMARTS) is 1. The topological polar surface area (TPSA) is 71.4 Å². The van der Waals surface area contributed by atoms with E-state index < -0.39 is 21.1 Å². The van der Waals surface area contributed by atoms with E-state index in [0.29, 0.717) is 5.75 Å². The van der Waals surface area contributed by atoms with Crippen molar-refractivity contribution >= 4 is 27.6 Å². The Hall–Kier alpha value is -1.01. The van der Waals surface area contributed by atoms with Gasteiger partial charge in [-0.05, 0) is 19.1 Å². The van der Waals surface area contributed by atoms with Gasteiger partial charge in [0.15, 0.2) is 15.1 Å². The summed E-state index contributed by atoms with van der Waals surface area (Å²) in [5.41, 5.74) is 0. The molecular formula is C11H14O4S2. The molecule has 0 fully saturated rings. The molecule has 1 atom stereocenters. The SMILES string of the molecule is CC(C(=O)O)S(=O)(=O)CCSc1ccccc1. The molecular weight excluding hydrogens is 260 g/mol. The van der Waals surface area contributed by atoms with Crippen molar-refractivity contribution in [1.29, 1.82) is 0 Å². The second-order valence-electron chi connectivity index (χ2n) is 3.51. The molecule has 0 saturated heterocycles. The summed E-state index contributed by atoms with van der Waals surface area (Å²) in [5, 5.41) is 7.31. The quantitative estimate of drug-likeness (QED) is 0.799. The molecule has 0 radical (unpaired) electrons. The molecule has 6 heteroatoms. The van der Waals surface area contributed by atoms with Gasteiger partial charge in [-0.1, -0.05) is 18.2 Å². The van der Waals surface area contributed by atoms with Crippen LogP contribution in [0.4, 0.5) is 0 Å². The van der Waals surface area contributed by atoms with Crippen LogP contribution in [0, 0.1) is 0 Å². The average Bonchev–Trinajstić information content (AvgIpc) is 2.29. The molecule has 0 aliphatic heterocycles. The Kier molecular flexibility index (Phi) is 5.02. The maximum Gasteiger partial charge on any atom is 0.321 e. The van der Waals surface area contributed by atoms with Crippen LogP contribution in [-0.4, -0.2) is 36.2 Å². The van der Waals surface area contributed by atoms with Crippen LogP contribution < -0.4 is 0 Å². The highest BCUT2D eigenvalue weighted by atomic mass is 32.2. The maximum atomic E-state index is 11.6. The van der Waals surface area contributed by atoms with Crippen molar-refractivity contribution < 1.29 is 18.3 Å². The van der Waals surface area contributed by atoms with Crippen molar-refractivity contribution in [3.8, 4) is 0 Å². The van der Waals surface area contributed by atoms with Crippen molar-refractivity contribution in [3.05, 3.63) is 30.3 Å². The summed E-state index contributed by atoms with van der Waals surface area (Å²) >= 11 is 1.40. The smallest absolute Gasteiger partial charge is 0.321 e. The molecule has 94 valence electrons. The van der Waals surface area contributed by atoms with Gasteiger partial charge in [-0.3, -0.25) is 4.79 Å². The fourth-order valence-corrected chi connectivity index (χ4v) is 3.63. The van der Waals surface area contributed by atoms with Gasteiger partial charge in [0.25, 0.3) is 0 Å². The zero-order valence-corrected chi connectivity index (χ0v) is 11.0. The molecule has 0 heterocycles. The number of aliphatic carboxylic acids is 1. The number of benzene rings is 1. The van der Waals surface area contributed by atoms with Crippen LogP contribution in [0.2, 0.25) is 0 Å². The highest BCUT2D eigenvalue weighted by Crippen LogP contribution is 2.17. The van der Waals surface area contributed by atoms with Gasteiger partial charge in [-0.15, -0.1) is 11.8 Å². The van der Waals surface area contributed by atoms with E-state index in [2.05, 4.69) is 0 Å². The number of hydrogen-bond donors (Lipinski definition) is 1. The van der Waals surface area contributed by atoms with Crippen LogP contribution in [0.5, 0.6) is 0 Å². The van der Waals surface area contributed by atoms with Crippen LogP contribution >= 0.6 is 11.8 Å². The Morgan fingerprint density at radius 1 is 1.35 bits per heavy atom. The molecule has 0 aliphatic rings. The van der Waals surface area contributed by atoms with Crippen molar-refractivity contribution in [3.63, 3.8) is 0 Å². The van der Waals surface area contributed by atoms with Gasteiger partial charge in [-0.2, -0.15) is 0 Å². The van der Waals surface area contributed by atoms with Gasteiger partial charge in [0.05, 0.1) is 5.75 Å². The number of carboxylic acids is 1. The van der Waals surface area contributed by atoms with Gasteiger partial charge < -0.3 is 5.11 Å². The molecule has 0 spiro atoms. The first-order chi connectivity index (χ1) is 7.93. The Morgan fingerprint density at radius 2 is 1.94 bits per heavy atom. The predicted octanol–water partition coefficient (Wildman–Crippen LogP) is 1.67. The van der Waals surface area contributed by atoms with Gasteiger partial charge in [0.2, 0.25) is 0 Å². The van der Waals surface area contributed by atoms with Gasteiger partial charge in [-0.25, -0.2) is 8.42 Å². The lowest BCUT2D eigenvalue weighted by Crippen LogP contribution is -2.29. The first-order valence-electron chi connectivity index (χ1n) is 5.05. The second-order valence-corrected chi connectivity index (χ2v) is 7.12. The van der Waals surface area contributed by atoms with Crippen molar-refractivity contribution in [2.24, 2.45) is 0 Å². The molecule has 1 rings (SSSR count). The van der Waals surface area contributed by atoms with E-state index >= 15 is 0 Å². The Labute approximate surface area is 105 Å². The maximum absolute atomic E-state index is 11.6. The van der Waals surface area contributed by atoms with Gasteiger partial charge in [0.1, 0.15) is 0 Å². The highest BCUT2D eigenvalue weighted by Gasteiger charge is 2.26. The Bertz CT molecular complexity index is 468. The Balaban J connectivity index is 2.49. The normalized spacial score (nSPS) is 13.2. The van der Waals surface area contributed by atoms with Crippen molar-refractivity contribution in [2.75, 3.05) is 11.5 Å². The lowest BCUT2D eigenvalue weighted by atomic mass is 10.4. The minimum atomic E-state index is -3.55. The van der Waals surface area contributed by atoms with Crippen molar-refractivity contribution in [2.45, 2.75) is 17.1 Å². The summed E-state index contributed by atoms with van der Waals surface area (Å²) < 4.78 is 23.1. The number of hydrogen-bond acceptors (Lipinski definition) is 4. The van der Waals surface area contributed by atoms with Crippen molar-refractivity contribution in [1.82, 2.24) is 0 Å². The lowest BCUT2D eigenvalue weighted by molar-refractivity contribution is -0.136. The molecule has 1 N–H and O–H groups in total. The minimum Gasteiger partial charge on any atom is -0.480 e.